The largest absolute Gasteiger partial charge is 0.496 e. The smallest absolute Gasteiger partial charge is 0.133 e. The molecular formula is C15H14BrFO2. The van der Waals surface area contributed by atoms with Crippen molar-refractivity contribution in [2.75, 3.05) is 7.11 Å². The Morgan fingerprint density at radius 2 is 2.05 bits per heavy atom. The van der Waals surface area contributed by atoms with Crippen LogP contribution in [0, 0.1) is 5.82 Å². The average molecular weight is 325 g/mol. The number of benzene rings is 2. The SMILES string of the molecule is COc1ccc(CC(O)c2cccc(F)c2)cc1Br. The van der Waals surface area contributed by atoms with Crippen LogP contribution in [0.2, 0.25) is 0 Å². The van der Waals surface area contributed by atoms with Crippen molar-refractivity contribution in [1.29, 1.82) is 0 Å². The highest BCUT2D eigenvalue weighted by atomic mass is 79.9. The topological polar surface area (TPSA) is 29.5 Å². The zero-order valence-electron chi connectivity index (χ0n) is 10.4. The average Bonchev–Trinajstić information content (AvgIpc) is 2.39. The van der Waals surface area contributed by atoms with E-state index in [0.717, 1.165) is 15.8 Å². The van der Waals surface area contributed by atoms with Crippen molar-refractivity contribution >= 4 is 15.9 Å². The summed E-state index contributed by atoms with van der Waals surface area (Å²) in [5.41, 5.74) is 1.52. The lowest BCUT2D eigenvalue weighted by Crippen LogP contribution is -2.02. The molecule has 0 spiro atoms. The third-order valence-corrected chi connectivity index (χ3v) is 3.50. The number of hydrogen-bond acceptors (Lipinski definition) is 2. The normalized spacial score (nSPS) is 12.2. The maximum Gasteiger partial charge on any atom is 0.133 e. The van der Waals surface area contributed by atoms with Gasteiger partial charge in [0.1, 0.15) is 11.6 Å². The molecule has 0 radical (unpaired) electrons. The molecule has 2 nitrogen and oxygen atoms in total. The second-order valence-corrected chi connectivity index (χ2v) is 5.10. The standard InChI is InChI=1S/C15H14BrFO2/c1-19-15-6-5-10(7-13(15)16)8-14(18)11-3-2-4-12(17)9-11/h2-7,9,14,18H,8H2,1H3. The fraction of sp³-hybridized carbons (Fsp3) is 0.200. The zero-order chi connectivity index (χ0) is 13.8. The first-order valence-electron chi connectivity index (χ1n) is 5.86. The molecule has 19 heavy (non-hydrogen) atoms. The summed E-state index contributed by atoms with van der Waals surface area (Å²) in [6, 6.07) is 11.6. The predicted molar refractivity (Wildman–Crippen MR) is 75.8 cm³/mol. The summed E-state index contributed by atoms with van der Waals surface area (Å²) in [4.78, 5) is 0. The van der Waals surface area contributed by atoms with Gasteiger partial charge in [-0.25, -0.2) is 4.39 Å². The molecule has 2 aromatic rings. The van der Waals surface area contributed by atoms with E-state index >= 15 is 0 Å². The van der Waals surface area contributed by atoms with Crippen LogP contribution in [0.15, 0.2) is 46.9 Å². The molecule has 0 amide bonds. The predicted octanol–water partition coefficient (Wildman–Crippen LogP) is 3.87. The first-order chi connectivity index (χ1) is 9.10. The van der Waals surface area contributed by atoms with Crippen molar-refractivity contribution in [3.8, 4) is 5.75 Å². The van der Waals surface area contributed by atoms with Gasteiger partial charge < -0.3 is 9.84 Å². The lowest BCUT2D eigenvalue weighted by Gasteiger charge is -2.12. The number of rotatable bonds is 4. The molecular weight excluding hydrogens is 311 g/mol. The molecule has 0 bridgehead atoms. The third kappa shape index (κ3) is 3.55. The number of aliphatic hydroxyl groups excluding tert-OH is 1. The number of ether oxygens (including phenoxy) is 1. The molecule has 0 aromatic heterocycles. The van der Waals surface area contributed by atoms with Gasteiger partial charge in [-0.3, -0.25) is 0 Å². The summed E-state index contributed by atoms with van der Waals surface area (Å²) < 4.78 is 19.1. The fourth-order valence-electron chi connectivity index (χ4n) is 1.89. The van der Waals surface area contributed by atoms with E-state index in [0.29, 0.717) is 12.0 Å². The lowest BCUT2D eigenvalue weighted by atomic mass is 10.0. The molecule has 0 aliphatic heterocycles. The van der Waals surface area contributed by atoms with Gasteiger partial charge in [-0.2, -0.15) is 0 Å². The molecule has 2 aromatic carbocycles. The second-order valence-electron chi connectivity index (χ2n) is 4.24. The van der Waals surface area contributed by atoms with Gasteiger partial charge in [-0.05, 0) is 51.3 Å². The molecule has 0 aliphatic carbocycles. The van der Waals surface area contributed by atoms with E-state index in [-0.39, 0.29) is 5.82 Å². The third-order valence-electron chi connectivity index (χ3n) is 2.88. The Labute approximate surface area is 120 Å². The summed E-state index contributed by atoms with van der Waals surface area (Å²) in [5.74, 6) is 0.399. The molecule has 100 valence electrons. The molecule has 2 rings (SSSR count). The molecule has 0 aliphatic rings. The van der Waals surface area contributed by atoms with Crippen LogP contribution < -0.4 is 4.74 Å². The summed E-state index contributed by atoms with van der Waals surface area (Å²) in [5, 5.41) is 10.1. The Morgan fingerprint density at radius 3 is 2.68 bits per heavy atom. The zero-order valence-corrected chi connectivity index (χ0v) is 12.0. The molecule has 0 saturated heterocycles. The Bertz CT molecular complexity index is 572. The van der Waals surface area contributed by atoms with Gasteiger partial charge in [0, 0.05) is 6.42 Å². The van der Waals surface area contributed by atoms with Crippen molar-refractivity contribution in [2.45, 2.75) is 12.5 Å². The lowest BCUT2D eigenvalue weighted by molar-refractivity contribution is 0.178. The molecule has 1 unspecified atom stereocenters. The summed E-state index contributed by atoms with van der Waals surface area (Å²) in [6.07, 6.45) is -0.303. The van der Waals surface area contributed by atoms with Gasteiger partial charge >= 0.3 is 0 Å². The molecule has 1 N–H and O–H groups in total. The minimum absolute atomic E-state index is 0.340. The van der Waals surface area contributed by atoms with E-state index < -0.39 is 6.10 Å². The van der Waals surface area contributed by atoms with Gasteiger partial charge in [-0.1, -0.05) is 18.2 Å². The molecule has 0 fully saturated rings. The highest BCUT2D eigenvalue weighted by Crippen LogP contribution is 2.27. The van der Waals surface area contributed by atoms with Gasteiger partial charge in [-0.15, -0.1) is 0 Å². The number of halogens is 2. The van der Waals surface area contributed by atoms with Crippen LogP contribution in [0.1, 0.15) is 17.2 Å². The van der Waals surface area contributed by atoms with Crippen molar-refractivity contribution in [1.82, 2.24) is 0 Å². The van der Waals surface area contributed by atoms with Crippen molar-refractivity contribution in [2.24, 2.45) is 0 Å². The van der Waals surface area contributed by atoms with Gasteiger partial charge in [0.05, 0.1) is 17.7 Å². The van der Waals surface area contributed by atoms with E-state index in [9.17, 15) is 9.50 Å². The van der Waals surface area contributed by atoms with Crippen LogP contribution in [-0.4, -0.2) is 12.2 Å². The fourth-order valence-corrected chi connectivity index (χ4v) is 2.48. The van der Waals surface area contributed by atoms with Crippen LogP contribution >= 0.6 is 15.9 Å². The highest BCUT2D eigenvalue weighted by molar-refractivity contribution is 9.10. The van der Waals surface area contributed by atoms with Gasteiger partial charge in [0.2, 0.25) is 0 Å². The van der Waals surface area contributed by atoms with E-state index in [1.807, 2.05) is 18.2 Å². The molecule has 0 heterocycles. The van der Waals surface area contributed by atoms with Crippen molar-refractivity contribution in [3.05, 3.63) is 63.9 Å². The number of hydrogen-bond donors (Lipinski definition) is 1. The van der Waals surface area contributed by atoms with E-state index in [2.05, 4.69) is 15.9 Å². The van der Waals surface area contributed by atoms with Gasteiger partial charge in [0.15, 0.2) is 0 Å². The second kappa shape index (κ2) is 6.17. The Kier molecular flexibility index (Phi) is 4.56. The quantitative estimate of drug-likeness (QED) is 0.925. The Balaban J connectivity index is 2.14. The maximum atomic E-state index is 13.1. The number of methoxy groups -OCH3 is 1. The maximum absolute atomic E-state index is 13.1. The summed E-state index contributed by atoms with van der Waals surface area (Å²) in [7, 11) is 1.60. The Morgan fingerprint density at radius 1 is 1.26 bits per heavy atom. The van der Waals surface area contributed by atoms with Gasteiger partial charge in [0.25, 0.3) is 0 Å². The highest BCUT2D eigenvalue weighted by Gasteiger charge is 2.10. The monoisotopic (exact) mass is 324 g/mol. The first-order valence-corrected chi connectivity index (χ1v) is 6.65. The van der Waals surface area contributed by atoms with E-state index in [1.54, 1.807) is 19.2 Å². The molecule has 0 saturated carbocycles. The number of aliphatic hydroxyl groups is 1. The van der Waals surface area contributed by atoms with Crippen molar-refractivity contribution < 1.29 is 14.2 Å². The molecule has 1 atom stereocenters. The van der Waals surface area contributed by atoms with Crippen LogP contribution in [0.25, 0.3) is 0 Å². The summed E-state index contributed by atoms with van der Waals surface area (Å²) in [6.45, 7) is 0. The Hall–Kier alpha value is -1.39. The van der Waals surface area contributed by atoms with Crippen LogP contribution in [0.5, 0.6) is 5.75 Å². The minimum Gasteiger partial charge on any atom is -0.496 e. The minimum atomic E-state index is -0.726. The van der Waals surface area contributed by atoms with Crippen LogP contribution in [0.4, 0.5) is 4.39 Å². The summed E-state index contributed by atoms with van der Waals surface area (Å²) >= 11 is 3.40. The van der Waals surface area contributed by atoms with Crippen LogP contribution in [0.3, 0.4) is 0 Å². The first kappa shape index (κ1) is 14.0. The van der Waals surface area contributed by atoms with E-state index in [1.165, 1.54) is 12.1 Å². The molecule has 4 heteroatoms. The van der Waals surface area contributed by atoms with Crippen LogP contribution in [-0.2, 0) is 6.42 Å². The van der Waals surface area contributed by atoms with E-state index in [4.69, 9.17) is 4.74 Å². The van der Waals surface area contributed by atoms with Crippen molar-refractivity contribution in [3.63, 3.8) is 0 Å².